The van der Waals surface area contributed by atoms with Gasteiger partial charge in [0.1, 0.15) is 22.6 Å². The number of rotatable bonds is 3. The molecular weight excluding hydrogens is 410 g/mol. The Labute approximate surface area is 165 Å². The number of halogens is 1. The van der Waals surface area contributed by atoms with E-state index in [0.717, 1.165) is 29.7 Å². The Morgan fingerprint density at radius 3 is 2.74 bits per heavy atom. The van der Waals surface area contributed by atoms with Gasteiger partial charge >= 0.3 is 6.09 Å². The van der Waals surface area contributed by atoms with Crippen molar-refractivity contribution in [3.05, 3.63) is 58.7 Å². The van der Waals surface area contributed by atoms with Gasteiger partial charge in [0, 0.05) is 31.4 Å². The molecule has 3 aromatic rings. The topological polar surface area (TPSA) is 85.8 Å². The summed E-state index contributed by atoms with van der Waals surface area (Å²) in [6.45, 7) is 1.58. The highest BCUT2D eigenvalue weighted by Gasteiger charge is 2.28. The Hall–Kier alpha value is -2.61. The second-order valence-corrected chi connectivity index (χ2v) is 7.34. The third-order valence-electron chi connectivity index (χ3n) is 4.89. The van der Waals surface area contributed by atoms with Gasteiger partial charge in [-0.25, -0.2) is 14.8 Å². The summed E-state index contributed by atoms with van der Waals surface area (Å²) in [6, 6.07) is 9.70. The molecule has 4 rings (SSSR count). The highest BCUT2D eigenvalue weighted by molar-refractivity contribution is 9.10. The highest BCUT2D eigenvalue weighted by atomic mass is 79.9. The fraction of sp³-hybridized carbons (Fsp3) is 0.316. The molecule has 2 aromatic heterocycles. The number of nitrogens with zero attached hydrogens (tertiary/aromatic N) is 4. The first kappa shape index (κ1) is 17.8. The molecule has 1 aliphatic rings. The number of fused-ring (bicyclic) bond motifs is 1. The fourth-order valence-corrected chi connectivity index (χ4v) is 4.04. The molecule has 27 heavy (non-hydrogen) atoms. The van der Waals surface area contributed by atoms with Crippen LogP contribution in [0.5, 0.6) is 0 Å². The average Bonchev–Trinajstić information content (AvgIpc) is 3.05. The van der Waals surface area contributed by atoms with Gasteiger partial charge < -0.3 is 15.4 Å². The fourth-order valence-electron chi connectivity index (χ4n) is 3.46. The number of ether oxygens (including phenoxy) is 1. The van der Waals surface area contributed by atoms with Gasteiger partial charge in [0.2, 0.25) is 0 Å². The van der Waals surface area contributed by atoms with Crippen molar-refractivity contribution in [2.75, 3.05) is 18.8 Å². The largest absolute Gasteiger partial charge is 0.445 e. The Balaban J connectivity index is 1.39. The molecule has 3 heterocycles. The molecule has 2 N–H and O–H groups in total. The number of likely N-dealkylation sites (tertiary alicyclic amines) is 1. The molecule has 0 aliphatic carbocycles. The molecule has 140 valence electrons. The molecule has 0 radical (unpaired) electrons. The minimum absolute atomic E-state index is 0.253. The molecule has 1 aliphatic heterocycles. The molecule has 0 bridgehead atoms. The van der Waals surface area contributed by atoms with E-state index in [0.29, 0.717) is 30.1 Å². The van der Waals surface area contributed by atoms with E-state index in [4.69, 9.17) is 10.5 Å². The summed E-state index contributed by atoms with van der Waals surface area (Å²) in [5, 5.41) is 0. The summed E-state index contributed by atoms with van der Waals surface area (Å²) in [6.07, 6.45) is 4.94. The lowest BCUT2D eigenvalue weighted by Crippen LogP contribution is -2.38. The molecule has 1 aromatic carbocycles. The van der Waals surface area contributed by atoms with Gasteiger partial charge in [-0.1, -0.05) is 30.3 Å². The lowest BCUT2D eigenvalue weighted by Gasteiger charge is -2.30. The normalized spacial score (nSPS) is 15.2. The third kappa shape index (κ3) is 3.62. The van der Waals surface area contributed by atoms with Crippen molar-refractivity contribution in [2.45, 2.75) is 25.4 Å². The zero-order valence-corrected chi connectivity index (χ0v) is 16.3. The van der Waals surface area contributed by atoms with Crippen molar-refractivity contribution in [2.24, 2.45) is 0 Å². The smallest absolute Gasteiger partial charge is 0.410 e. The Bertz CT molecular complexity index is 951. The zero-order valence-electron chi connectivity index (χ0n) is 14.7. The van der Waals surface area contributed by atoms with Crippen molar-refractivity contribution in [1.29, 1.82) is 0 Å². The van der Waals surface area contributed by atoms with Crippen LogP contribution in [0.4, 0.5) is 10.6 Å². The average molecular weight is 430 g/mol. The number of anilines is 1. The van der Waals surface area contributed by atoms with Crippen LogP contribution in [-0.2, 0) is 11.3 Å². The molecule has 0 atom stereocenters. The molecular formula is C19H20BrN5O2. The van der Waals surface area contributed by atoms with Crippen LogP contribution in [0.1, 0.15) is 30.1 Å². The number of imidazole rings is 1. The van der Waals surface area contributed by atoms with Gasteiger partial charge in [-0.2, -0.15) is 0 Å². The Kier molecular flexibility index (Phi) is 4.98. The van der Waals surface area contributed by atoms with Crippen LogP contribution in [-0.4, -0.2) is 38.5 Å². The highest BCUT2D eigenvalue weighted by Crippen LogP contribution is 2.32. The molecule has 1 fully saturated rings. The van der Waals surface area contributed by atoms with Crippen molar-refractivity contribution in [1.82, 2.24) is 19.3 Å². The van der Waals surface area contributed by atoms with Crippen LogP contribution >= 0.6 is 15.9 Å². The lowest BCUT2D eigenvalue weighted by molar-refractivity contribution is 0.0866. The Morgan fingerprint density at radius 2 is 2.00 bits per heavy atom. The number of nitrogen functional groups attached to an aromatic ring is 1. The molecule has 0 saturated carbocycles. The van der Waals surface area contributed by atoms with E-state index in [1.165, 1.54) is 0 Å². The van der Waals surface area contributed by atoms with E-state index in [-0.39, 0.29) is 12.0 Å². The first-order chi connectivity index (χ1) is 13.1. The monoisotopic (exact) mass is 429 g/mol. The second kappa shape index (κ2) is 7.56. The van der Waals surface area contributed by atoms with E-state index in [1.54, 1.807) is 11.1 Å². The van der Waals surface area contributed by atoms with Crippen LogP contribution < -0.4 is 5.73 Å². The van der Waals surface area contributed by atoms with Gasteiger partial charge in [0.25, 0.3) is 0 Å². The van der Waals surface area contributed by atoms with E-state index in [2.05, 4.69) is 25.9 Å². The number of nitrogens with two attached hydrogens (primary N) is 1. The summed E-state index contributed by atoms with van der Waals surface area (Å²) in [4.78, 5) is 22.9. The number of amides is 1. The standard InChI is InChI=1S/C19H20BrN5O2/c20-16-15-17(21)22-8-11-25(15)18(23-16)14-6-9-24(10-7-14)19(26)27-12-13-4-2-1-3-5-13/h1-5,8,11,14H,6-7,9-10,12H2,(H2,21,22). The van der Waals surface area contributed by atoms with Crippen LogP contribution in [0.2, 0.25) is 0 Å². The number of carbonyl (C=O) groups excluding carboxylic acids is 1. The number of carbonyl (C=O) groups is 1. The number of benzene rings is 1. The van der Waals surface area contributed by atoms with Crippen molar-refractivity contribution in [3.63, 3.8) is 0 Å². The molecule has 0 spiro atoms. The van der Waals surface area contributed by atoms with E-state index < -0.39 is 0 Å². The summed E-state index contributed by atoms with van der Waals surface area (Å²) in [5.41, 5.74) is 7.75. The van der Waals surface area contributed by atoms with Crippen LogP contribution in [0, 0.1) is 0 Å². The molecule has 1 amide bonds. The number of piperidine rings is 1. The maximum atomic E-state index is 12.3. The summed E-state index contributed by atoms with van der Waals surface area (Å²) in [5.74, 6) is 1.65. The molecule has 1 saturated heterocycles. The minimum atomic E-state index is -0.264. The number of hydrogen-bond donors (Lipinski definition) is 1. The van der Waals surface area contributed by atoms with Crippen LogP contribution in [0.3, 0.4) is 0 Å². The van der Waals surface area contributed by atoms with Gasteiger partial charge in [0.15, 0.2) is 5.82 Å². The SMILES string of the molecule is Nc1nccn2c(C3CCN(C(=O)OCc4ccccc4)CC3)nc(Br)c12. The van der Waals surface area contributed by atoms with Crippen molar-refractivity contribution in [3.8, 4) is 0 Å². The van der Waals surface area contributed by atoms with Gasteiger partial charge in [-0.05, 0) is 34.3 Å². The number of aromatic nitrogens is 3. The van der Waals surface area contributed by atoms with Gasteiger partial charge in [-0.15, -0.1) is 0 Å². The second-order valence-electron chi connectivity index (χ2n) is 6.59. The number of hydrogen-bond acceptors (Lipinski definition) is 5. The van der Waals surface area contributed by atoms with Crippen LogP contribution in [0.15, 0.2) is 47.3 Å². The van der Waals surface area contributed by atoms with Crippen LogP contribution in [0.25, 0.3) is 5.52 Å². The Morgan fingerprint density at radius 1 is 1.26 bits per heavy atom. The molecule has 0 unspecified atom stereocenters. The summed E-state index contributed by atoms with van der Waals surface area (Å²) >= 11 is 3.48. The predicted molar refractivity (Wildman–Crippen MR) is 105 cm³/mol. The third-order valence-corrected chi connectivity index (χ3v) is 5.44. The minimum Gasteiger partial charge on any atom is -0.445 e. The summed E-state index contributed by atoms with van der Waals surface area (Å²) < 4.78 is 8.12. The molecule has 8 heteroatoms. The first-order valence-corrected chi connectivity index (χ1v) is 9.66. The maximum absolute atomic E-state index is 12.3. The van der Waals surface area contributed by atoms with E-state index in [9.17, 15) is 4.79 Å². The van der Waals surface area contributed by atoms with E-state index in [1.807, 2.05) is 40.9 Å². The zero-order chi connectivity index (χ0) is 18.8. The predicted octanol–water partition coefficient (Wildman–Crippen LogP) is 3.59. The van der Waals surface area contributed by atoms with E-state index >= 15 is 0 Å². The van der Waals surface area contributed by atoms with Gasteiger partial charge in [-0.3, -0.25) is 4.40 Å². The summed E-state index contributed by atoms with van der Waals surface area (Å²) in [7, 11) is 0. The maximum Gasteiger partial charge on any atom is 0.410 e. The van der Waals surface area contributed by atoms with Crippen molar-refractivity contribution >= 4 is 33.4 Å². The lowest BCUT2D eigenvalue weighted by atomic mass is 9.96. The van der Waals surface area contributed by atoms with Crippen molar-refractivity contribution < 1.29 is 9.53 Å². The molecule has 7 nitrogen and oxygen atoms in total. The van der Waals surface area contributed by atoms with Gasteiger partial charge in [0.05, 0.1) is 0 Å². The quantitative estimate of drug-likeness (QED) is 0.687. The first-order valence-electron chi connectivity index (χ1n) is 8.87.